The first kappa shape index (κ1) is 8.47. The number of carboxylic acid groups (broad SMARTS) is 2. The molecule has 0 aliphatic heterocycles. The first-order valence-electron chi connectivity index (χ1n) is 2.72. The summed E-state index contributed by atoms with van der Waals surface area (Å²) >= 11 is 0.359. The predicted molar refractivity (Wildman–Crippen MR) is 38.9 cm³/mol. The van der Waals surface area contributed by atoms with Gasteiger partial charge in [0.25, 0.3) is 0 Å². The molecular weight excluding hydrogens is 186 g/mol. The van der Waals surface area contributed by atoms with E-state index in [-0.39, 0.29) is 0 Å². The molecule has 3 N–H and O–H groups in total. The maximum atomic E-state index is 10.6. The van der Waals surface area contributed by atoms with Gasteiger partial charge in [-0.3, -0.25) is 4.79 Å². The van der Waals surface area contributed by atoms with Gasteiger partial charge in [-0.15, -0.1) is 0 Å². The molecule has 0 aromatic carbocycles. The first-order chi connectivity index (χ1) is 5.52. The van der Waals surface area contributed by atoms with Crippen molar-refractivity contribution in [2.24, 2.45) is 0 Å². The number of aromatic nitrogens is 1. The van der Waals surface area contributed by atoms with Gasteiger partial charge >= 0.3 is 16.8 Å². The number of rotatable bonds is 2. The molecule has 0 amide bonds. The Bertz CT molecular complexity index is 354. The summed E-state index contributed by atoms with van der Waals surface area (Å²) in [5, 5.41) is 16.8. The van der Waals surface area contributed by atoms with E-state index < -0.39 is 27.4 Å². The van der Waals surface area contributed by atoms with Gasteiger partial charge in [0.2, 0.25) is 0 Å². The minimum atomic E-state index is -1.45. The van der Waals surface area contributed by atoms with Gasteiger partial charge < -0.3 is 15.2 Å². The van der Waals surface area contributed by atoms with Crippen LogP contribution in [0.3, 0.4) is 0 Å². The number of carbonyl (C=O) groups is 2. The van der Waals surface area contributed by atoms with Crippen molar-refractivity contribution in [3.05, 3.63) is 20.2 Å². The van der Waals surface area contributed by atoms with E-state index in [4.69, 9.17) is 10.2 Å². The molecule has 1 heterocycles. The Morgan fingerprint density at radius 2 is 1.83 bits per heavy atom. The second-order valence-electron chi connectivity index (χ2n) is 1.83. The molecule has 1 aromatic heterocycles. The highest BCUT2D eigenvalue weighted by molar-refractivity contribution is 7.11. The standard InChI is InChI=1S/C5H3NO5S/c7-3(8)1-2(4(9)10)12-5(11)6-1/h(H,6,11)(H,7,8)(H,9,10). The molecule has 0 spiro atoms. The van der Waals surface area contributed by atoms with E-state index in [1.54, 1.807) is 0 Å². The Morgan fingerprint density at radius 1 is 1.25 bits per heavy atom. The fraction of sp³-hybridized carbons (Fsp3) is 0. The number of hydrogen-bond acceptors (Lipinski definition) is 4. The molecular formula is C5H3NO5S. The third-order valence-corrected chi connectivity index (χ3v) is 1.93. The van der Waals surface area contributed by atoms with Crippen molar-refractivity contribution in [1.82, 2.24) is 4.98 Å². The average molecular weight is 189 g/mol. The summed E-state index contributed by atoms with van der Waals surface area (Å²) in [6, 6.07) is 0. The van der Waals surface area contributed by atoms with E-state index >= 15 is 0 Å². The molecule has 6 nitrogen and oxygen atoms in total. The lowest BCUT2D eigenvalue weighted by molar-refractivity contribution is 0.0651. The van der Waals surface area contributed by atoms with E-state index in [0.29, 0.717) is 11.3 Å². The summed E-state index contributed by atoms with van der Waals surface area (Å²) in [4.78, 5) is 31.9. The summed E-state index contributed by atoms with van der Waals surface area (Å²) in [6.45, 7) is 0. The zero-order valence-electron chi connectivity index (χ0n) is 5.53. The average Bonchev–Trinajstić information content (AvgIpc) is 2.31. The van der Waals surface area contributed by atoms with Crippen LogP contribution in [0.2, 0.25) is 0 Å². The summed E-state index contributed by atoms with van der Waals surface area (Å²) in [7, 11) is 0. The maximum absolute atomic E-state index is 10.6. The first-order valence-corrected chi connectivity index (χ1v) is 3.53. The number of thiazole rings is 1. The molecule has 0 saturated carbocycles. The Hall–Kier alpha value is -1.63. The lowest BCUT2D eigenvalue weighted by Crippen LogP contribution is -2.06. The van der Waals surface area contributed by atoms with Gasteiger partial charge in [-0.25, -0.2) is 9.59 Å². The minimum Gasteiger partial charge on any atom is -0.477 e. The Labute approximate surface area is 69.1 Å². The number of aromatic carboxylic acids is 2. The van der Waals surface area contributed by atoms with Gasteiger partial charge in [-0.1, -0.05) is 11.3 Å². The molecule has 0 bridgehead atoms. The Balaban J connectivity index is 3.36. The zero-order valence-corrected chi connectivity index (χ0v) is 6.34. The van der Waals surface area contributed by atoms with Crippen molar-refractivity contribution in [3.63, 3.8) is 0 Å². The SMILES string of the molecule is O=C(O)c1[nH]c(=O)sc1C(=O)O. The van der Waals surface area contributed by atoms with Crippen LogP contribution in [0.4, 0.5) is 0 Å². The Morgan fingerprint density at radius 3 is 2.17 bits per heavy atom. The monoisotopic (exact) mass is 189 g/mol. The quantitative estimate of drug-likeness (QED) is 0.598. The highest BCUT2D eigenvalue weighted by atomic mass is 32.1. The maximum Gasteiger partial charge on any atom is 0.354 e. The van der Waals surface area contributed by atoms with Crippen LogP contribution >= 0.6 is 11.3 Å². The fourth-order valence-corrected chi connectivity index (χ4v) is 1.30. The highest BCUT2D eigenvalue weighted by Gasteiger charge is 2.19. The van der Waals surface area contributed by atoms with Gasteiger partial charge in [0.05, 0.1) is 0 Å². The van der Waals surface area contributed by atoms with Crippen LogP contribution in [0, 0.1) is 0 Å². The zero-order chi connectivity index (χ0) is 9.30. The Kier molecular flexibility index (Phi) is 1.96. The topological polar surface area (TPSA) is 107 Å². The van der Waals surface area contributed by atoms with Crippen LogP contribution in [-0.2, 0) is 0 Å². The minimum absolute atomic E-state index is 0.359. The van der Waals surface area contributed by atoms with Gasteiger partial charge in [-0.2, -0.15) is 0 Å². The number of hydrogen-bond donors (Lipinski definition) is 3. The van der Waals surface area contributed by atoms with Crippen molar-refractivity contribution in [3.8, 4) is 0 Å². The molecule has 0 radical (unpaired) electrons. The lowest BCUT2D eigenvalue weighted by atomic mass is 10.4. The molecule has 0 saturated heterocycles. The highest BCUT2D eigenvalue weighted by Crippen LogP contribution is 2.08. The molecule has 0 atom stereocenters. The number of aromatic amines is 1. The van der Waals surface area contributed by atoms with Crippen molar-refractivity contribution in [1.29, 1.82) is 0 Å². The van der Waals surface area contributed by atoms with E-state index in [1.807, 2.05) is 4.98 Å². The van der Waals surface area contributed by atoms with Crippen LogP contribution in [0.15, 0.2) is 4.79 Å². The number of H-pyrrole nitrogens is 1. The normalized spacial score (nSPS) is 9.67. The van der Waals surface area contributed by atoms with Crippen LogP contribution in [0.5, 0.6) is 0 Å². The van der Waals surface area contributed by atoms with Gasteiger partial charge in [0.15, 0.2) is 5.69 Å². The number of nitrogens with one attached hydrogen (secondary N) is 1. The molecule has 7 heteroatoms. The summed E-state index contributed by atoms with van der Waals surface area (Å²) in [5.41, 5.74) is -0.572. The van der Waals surface area contributed by atoms with Crippen LogP contribution < -0.4 is 4.87 Å². The van der Waals surface area contributed by atoms with Gasteiger partial charge in [0, 0.05) is 0 Å². The smallest absolute Gasteiger partial charge is 0.354 e. The predicted octanol–water partition coefficient (Wildman–Crippen LogP) is -0.167. The summed E-state index contributed by atoms with van der Waals surface area (Å²) < 4.78 is 0. The molecule has 0 aliphatic carbocycles. The molecule has 64 valence electrons. The fourth-order valence-electron chi connectivity index (χ4n) is 0.629. The summed E-state index contributed by atoms with van der Waals surface area (Å²) in [6.07, 6.45) is 0. The second-order valence-corrected chi connectivity index (χ2v) is 2.81. The molecule has 12 heavy (non-hydrogen) atoms. The molecule has 1 rings (SSSR count). The summed E-state index contributed by atoms with van der Waals surface area (Å²) in [5.74, 6) is -2.87. The van der Waals surface area contributed by atoms with Crippen LogP contribution in [0.25, 0.3) is 0 Å². The van der Waals surface area contributed by atoms with E-state index in [0.717, 1.165) is 0 Å². The van der Waals surface area contributed by atoms with Crippen molar-refractivity contribution >= 4 is 23.3 Å². The van der Waals surface area contributed by atoms with Gasteiger partial charge in [-0.05, 0) is 0 Å². The largest absolute Gasteiger partial charge is 0.477 e. The van der Waals surface area contributed by atoms with E-state index in [2.05, 4.69) is 0 Å². The third kappa shape index (κ3) is 1.35. The van der Waals surface area contributed by atoms with E-state index in [9.17, 15) is 14.4 Å². The molecule has 0 unspecified atom stereocenters. The van der Waals surface area contributed by atoms with Crippen LogP contribution in [0.1, 0.15) is 20.2 Å². The second kappa shape index (κ2) is 2.78. The number of carboxylic acids is 2. The molecule has 0 fully saturated rings. The van der Waals surface area contributed by atoms with Crippen LogP contribution in [-0.4, -0.2) is 27.1 Å². The lowest BCUT2D eigenvalue weighted by Gasteiger charge is -1.88. The van der Waals surface area contributed by atoms with Crippen molar-refractivity contribution in [2.75, 3.05) is 0 Å². The molecule has 1 aromatic rings. The van der Waals surface area contributed by atoms with Crippen molar-refractivity contribution < 1.29 is 19.8 Å². The third-order valence-electron chi connectivity index (χ3n) is 1.06. The van der Waals surface area contributed by atoms with Gasteiger partial charge in [0.1, 0.15) is 4.88 Å². The van der Waals surface area contributed by atoms with E-state index in [1.165, 1.54) is 0 Å². The van der Waals surface area contributed by atoms with Crippen molar-refractivity contribution in [2.45, 2.75) is 0 Å². The molecule has 0 aliphatic rings.